The highest BCUT2D eigenvalue weighted by Gasteiger charge is 2.34. The number of carbonyl (C=O) groups is 2. The molecule has 29 heavy (non-hydrogen) atoms. The van der Waals surface area contributed by atoms with Crippen molar-refractivity contribution in [2.45, 2.75) is 33.3 Å². The molecule has 2 rings (SSSR count). The molecule has 0 fully saturated rings. The van der Waals surface area contributed by atoms with Gasteiger partial charge in [0.25, 0.3) is 0 Å². The number of carbonyl (C=O) groups excluding carboxylic acids is 2. The van der Waals surface area contributed by atoms with Crippen LogP contribution in [0.2, 0.25) is 5.02 Å². The predicted molar refractivity (Wildman–Crippen MR) is 108 cm³/mol. The Morgan fingerprint density at radius 2 is 1.93 bits per heavy atom. The van der Waals surface area contributed by atoms with E-state index in [2.05, 4.69) is 0 Å². The van der Waals surface area contributed by atoms with Gasteiger partial charge in [-0.3, -0.25) is 9.59 Å². The van der Waals surface area contributed by atoms with E-state index in [4.69, 9.17) is 21.1 Å². The van der Waals surface area contributed by atoms with E-state index in [1.165, 1.54) is 20.1 Å². The molecule has 0 amide bonds. The molecule has 2 atom stereocenters. The number of hydrogen-bond donors (Lipinski definition) is 1. The molecular weight excluding hydrogens is 399 g/mol. The third-order valence-electron chi connectivity index (χ3n) is 4.61. The fourth-order valence-electron chi connectivity index (χ4n) is 3.13. The Morgan fingerprint density at radius 1 is 1.24 bits per heavy atom. The summed E-state index contributed by atoms with van der Waals surface area (Å²) in [7, 11) is 1.48. The highest BCUT2D eigenvalue weighted by atomic mass is 35.5. The number of aliphatic hydroxyl groups excluding tert-OH is 1. The van der Waals surface area contributed by atoms with Crippen LogP contribution in [0, 0.1) is 18.7 Å². The summed E-state index contributed by atoms with van der Waals surface area (Å²) in [6.45, 7) is 4.78. The van der Waals surface area contributed by atoms with Gasteiger partial charge in [-0.15, -0.1) is 0 Å². The van der Waals surface area contributed by atoms with Crippen molar-refractivity contribution in [1.29, 1.82) is 0 Å². The second kappa shape index (κ2) is 9.85. The lowest BCUT2D eigenvalue weighted by molar-refractivity contribution is -0.149. The number of methoxy groups -OCH3 is 1. The smallest absolute Gasteiger partial charge is 0.319 e. The summed E-state index contributed by atoms with van der Waals surface area (Å²) in [4.78, 5) is 25.3. The number of benzene rings is 2. The number of hydrogen-bond acceptors (Lipinski definition) is 5. The number of aliphatic hydroxyl groups is 1. The van der Waals surface area contributed by atoms with Gasteiger partial charge in [-0.25, -0.2) is 4.39 Å². The molecule has 0 aliphatic rings. The fourth-order valence-corrected chi connectivity index (χ4v) is 3.33. The molecule has 7 heteroatoms. The number of ketones is 1. The van der Waals surface area contributed by atoms with Gasteiger partial charge in [-0.05, 0) is 55.7 Å². The average Bonchev–Trinajstić information content (AvgIpc) is 2.66. The topological polar surface area (TPSA) is 72.8 Å². The Labute approximate surface area is 174 Å². The van der Waals surface area contributed by atoms with E-state index in [1.54, 1.807) is 38.1 Å². The van der Waals surface area contributed by atoms with Crippen molar-refractivity contribution >= 4 is 23.4 Å². The van der Waals surface area contributed by atoms with Gasteiger partial charge in [0.15, 0.2) is 5.78 Å². The summed E-state index contributed by atoms with van der Waals surface area (Å²) >= 11 is 5.86. The molecule has 2 unspecified atom stereocenters. The van der Waals surface area contributed by atoms with Gasteiger partial charge in [0.05, 0.1) is 24.8 Å². The summed E-state index contributed by atoms with van der Waals surface area (Å²) in [6, 6.07) is 7.89. The van der Waals surface area contributed by atoms with Gasteiger partial charge in [0, 0.05) is 12.0 Å². The van der Waals surface area contributed by atoms with Crippen LogP contribution in [0.4, 0.5) is 4.39 Å². The van der Waals surface area contributed by atoms with E-state index in [9.17, 15) is 19.1 Å². The molecule has 0 spiro atoms. The second-order valence-corrected chi connectivity index (χ2v) is 7.11. The molecule has 0 aliphatic heterocycles. The van der Waals surface area contributed by atoms with Gasteiger partial charge in [-0.1, -0.05) is 23.7 Å². The van der Waals surface area contributed by atoms with Crippen molar-refractivity contribution in [3.05, 3.63) is 63.4 Å². The number of esters is 1. The van der Waals surface area contributed by atoms with Crippen LogP contribution in [0.3, 0.4) is 0 Å². The molecule has 0 aromatic heterocycles. The van der Waals surface area contributed by atoms with E-state index in [-0.39, 0.29) is 23.6 Å². The highest BCUT2D eigenvalue weighted by Crippen LogP contribution is 2.30. The molecule has 2 aromatic rings. The Morgan fingerprint density at radius 3 is 2.52 bits per heavy atom. The third-order valence-corrected chi connectivity index (χ3v) is 4.90. The number of Topliss-reactive ketones (excluding diaryl/α,β-unsaturated/α-hetero) is 1. The quantitative estimate of drug-likeness (QED) is 0.393. The fraction of sp³-hybridized carbons (Fsp3) is 0.364. The predicted octanol–water partition coefficient (Wildman–Crippen LogP) is 4.13. The maximum atomic E-state index is 14.4. The van der Waals surface area contributed by atoms with E-state index in [0.29, 0.717) is 22.4 Å². The first-order chi connectivity index (χ1) is 13.7. The zero-order valence-corrected chi connectivity index (χ0v) is 17.5. The Hall–Kier alpha value is -2.44. The SMILES string of the molecule is CCOC(=O)C(C(=O)c1cc(Cc2cccc(Cl)c2F)c(OC)cc1C)C(C)O. The maximum Gasteiger partial charge on any atom is 0.319 e. The highest BCUT2D eigenvalue weighted by molar-refractivity contribution is 6.30. The van der Waals surface area contributed by atoms with E-state index < -0.39 is 29.6 Å². The molecule has 1 N–H and O–H groups in total. The van der Waals surface area contributed by atoms with Crippen LogP contribution in [0.5, 0.6) is 5.75 Å². The van der Waals surface area contributed by atoms with Crippen LogP contribution < -0.4 is 4.74 Å². The van der Waals surface area contributed by atoms with Crippen molar-refractivity contribution in [1.82, 2.24) is 0 Å². The largest absolute Gasteiger partial charge is 0.496 e. The van der Waals surface area contributed by atoms with Gasteiger partial charge in [0.2, 0.25) is 0 Å². The first-order valence-corrected chi connectivity index (χ1v) is 9.58. The zero-order valence-electron chi connectivity index (χ0n) is 16.8. The number of halogens is 2. The van der Waals surface area contributed by atoms with Crippen molar-refractivity contribution in [3.63, 3.8) is 0 Å². The number of rotatable bonds is 8. The molecule has 2 aromatic carbocycles. The molecule has 0 heterocycles. The van der Waals surface area contributed by atoms with Gasteiger partial charge in [-0.2, -0.15) is 0 Å². The van der Waals surface area contributed by atoms with Gasteiger partial charge < -0.3 is 14.6 Å². The minimum Gasteiger partial charge on any atom is -0.496 e. The van der Waals surface area contributed by atoms with Crippen molar-refractivity contribution in [2.75, 3.05) is 13.7 Å². The minimum absolute atomic E-state index is 0.00126. The Bertz CT molecular complexity index is 910. The monoisotopic (exact) mass is 422 g/mol. The first-order valence-electron chi connectivity index (χ1n) is 9.20. The first kappa shape index (κ1) is 22.8. The summed E-state index contributed by atoms with van der Waals surface area (Å²) < 4.78 is 24.7. The van der Waals surface area contributed by atoms with Gasteiger partial charge >= 0.3 is 5.97 Å². The van der Waals surface area contributed by atoms with Crippen molar-refractivity contribution < 1.29 is 28.6 Å². The number of aryl methyl sites for hydroxylation is 1. The molecule has 0 saturated heterocycles. The normalized spacial score (nSPS) is 12.9. The number of ether oxygens (including phenoxy) is 2. The molecular formula is C22H24ClFO5. The Kier molecular flexibility index (Phi) is 7.76. The summed E-state index contributed by atoms with van der Waals surface area (Å²) in [5.41, 5.74) is 1.70. The van der Waals surface area contributed by atoms with Crippen molar-refractivity contribution in [2.24, 2.45) is 5.92 Å². The van der Waals surface area contributed by atoms with Crippen LogP contribution in [-0.4, -0.2) is 36.7 Å². The van der Waals surface area contributed by atoms with E-state index >= 15 is 0 Å². The molecule has 0 bridgehead atoms. The lowest BCUT2D eigenvalue weighted by Crippen LogP contribution is -2.35. The second-order valence-electron chi connectivity index (χ2n) is 6.70. The van der Waals surface area contributed by atoms with Crippen LogP contribution in [-0.2, 0) is 16.0 Å². The van der Waals surface area contributed by atoms with Crippen LogP contribution in [0.1, 0.15) is 40.9 Å². The maximum absolute atomic E-state index is 14.4. The standard InChI is InChI=1S/C22H24ClFO5/c1-5-29-22(27)19(13(3)25)21(26)16-11-15(18(28-4)9-12(16)2)10-14-7-6-8-17(23)20(14)24/h6-9,11,13,19,25H,5,10H2,1-4H3. The summed E-state index contributed by atoms with van der Waals surface area (Å²) in [6.07, 6.45) is -1.09. The minimum atomic E-state index is -1.35. The summed E-state index contributed by atoms with van der Waals surface area (Å²) in [5, 5.41) is 9.99. The molecule has 0 saturated carbocycles. The molecule has 0 aliphatic carbocycles. The molecule has 5 nitrogen and oxygen atoms in total. The van der Waals surface area contributed by atoms with E-state index in [0.717, 1.165) is 0 Å². The van der Waals surface area contributed by atoms with E-state index in [1.807, 2.05) is 0 Å². The summed E-state index contributed by atoms with van der Waals surface area (Å²) in [5.74, 6) is -2.77. The lowest BCUT2D eigenvalue weighted by Gasteiger charge is -2.20. The Balaban J connectivity index is 2.50. The molecule has 156 valence electrons. The zero-order chi connectivity index (χ0) is 21.7. The third kappa shape index (κ3) is 5.14. The van der Waals surface area contributed by atoms with Crippen LogP contribution >= 0.6 is 11.6 Å². The lowest BCUT2D eigenvalue weighted by atomic mass is 9.88. The van der Waals surface area contributed by atoms with Gasteiger partial charge in [0.1, 0.15) is 17.5 Å². The average molecular weight is 423 g/mol. The van der Waals surface area contributed by atoms with Crippen molar-refractivity contribution in [3.8, 4) is 5.75 Å². The van der Waals surface area contributed by atoms with Crippen LogP contribution in [0.15, 0.2) is 30.3 Å². The van der Waals surface area contributed by atoms with Crippen LogP contribution in [0.25, 0.3) is 0 Å². The molecule has 0 radical (unpaired) electrons.